The molecule has 0 fully saturated rings. The van der Waals surface area contributed by atoms with E-state index in [0.29, 0.717) is 0 Å². The Bertz CT molecular complexity index is 345. The predicted octanol–water partition coefficient (Wildman–Crippen LogP) is -8.69. The van der Waals surface area contributed by atoms with Gasteiger partial charge in [-0.3, -0.25) is 0 Å². The van der Waals surface area contributed by atoms with Crippen molar-refractivity contribution in [3.05, 3.63) is 11.8 Å². The van der Waals surface area contributed by atoms with Crippen molar-refractivity contribution < 1.29 is 88.4 Å². The minimum absolute atomic E-state index is 0. The van der Waals surface area contributed by atoms with Crippen LogP contribution in [0.5, 0.6) is 0 Å². The maximum atomic E-state index is 11.0. The summed E-state index contributed by atoms with van der Waals surface area (Å²) >= 11 is 0. The molecule has 7 nitrogen and oxygen atoms in total. The van der Waals surface area contributed by atoms with Crippen molar-refractivity contribution in [3.63, 3.8) is 0 Å². The fraction of sp³-hybridized carbons (Fsp3) is 0.500. The van der Waals surface area contributed by atoms with E-state index in [2.05, 4.69) is 10.1 Å². The molecular formula is C10H13NNa2O6. The number of nitrogens with one attached hydrogen (secondary N) is 1. The van der Waals surface area contributed by atoms with Crippen LogP contribution in [-0.2, 0) is 19.1 Å². The Morgan fingerprint density at radius 3 is 2.16 bits per heavy atom. The molecule has 0 aliphatic carbocycles. The van der Waals surface area contributed by atoms with Crippen LogP contribution in [0.25, 0.3) is 0 Å². The van der Waals surface area contributed by atoms with Gasteiger partial charge in [0.05, 0.1) is 18.6 Å². The molecule has 0 aromatic heterocycles. The Kier molecular flexibility index (Phi) is 16.4. The van der Waals surface area contributed by atoms with Crippen LogP contribution in [0.15, 0.2) is 11.8 Å². The molecule has 0 bridgehead atoms. The van der Waals surface area contributed by atoms with E-state index in [1.54, 1.807) is 6.92 Å². The summed E-state index contributed by atoms with van der Waals surface area (Å²) in [7, 11) is 0. The van der Waals surface area contributed by atoms with E-state index in [1.807, 2.05) is 0 Å². The molecule has 0 aliphatic rings. The number of rotatable bonds is 7. The average Bonchev–Trinajstić information content (AvgIpc) is 2.15. The molecule has 0 saturated carbocycles. The van der Waals surface area contributed by atoms with Gasteiger partial charge in [0, 0.05) is 24.2 Å². The largest absolute Gasteiger partial charge is 1.00 e. The molecule has 0 rings (SSSR count). The monoisotopic (exact) mass is 289 g/mol. The first-order valence-electron chi connectivity index (χ1n) is 4.89. The molecule has 9 heteroatoms. The smallest absolute Gasteiger partial charge is 0.550 e. The van der Waals surface area contributed by atoms with Crippen molar-refractivity contribution >= 4 is 17.9 Å². The standard InChI is InChI=1S/C10H15NO6.2Na/c1-3-17-9(14)4-6(2)11-7(10(15)16)5-8(12)13;;/h4,7,11H,3,5H2,1-2H3,(H,12,13)(H,15,16);;/q;2*+1/p-2/t7-;;/m0../s1. The first kappa shape index (κ1) is 24.0. The molecule has 0 unspecified atom stereocenters. The number of allylic oxidation sites excluding steroid dienone is 1. The third-order valence-corrected chi connectivity index (χ3v) is 1.68. The number of aliphatic carboxylic acids is 2. The molecule has 0 aliphatic heterocycles. The molecule has 0 amide bonds. The predicted molar refractivity (Wildman–Crippen MR) is 51.9 cm³/mol. The van der Waals surface area contributed by atoms with Gasteiger partial charge >= 0.3 is 65.1 Å². The SMILES string of the molecule is CCOC(=O)C=C(C)N[C@@H](CC(=O)[O-])C(=O)[O-].[Na+].[Na+]. The number of carbonyl (C=O) groups excluding carboxylic acids is 3. The molecule has 19 heavy (non-hydrogen) atoms. The quantitative estimate of drug-likeness (QED) is 0.281. The van der Waals surface area contributed by atoms with Crippen LogP contribution in [0.3, 0.4) is 0 Å². The third kappa shape index (κ3) is 12.7. The summed E-state index contributed by atoms with van der Waals surface area (Å²) in [5, 5.41) is 23.2. The Hall–Kier alpha value is -0.0500. The number of ether oxygens (including phenoxy) is 1. The maximum absolute atomic E-state index is 11.0. The van der Waals surface area contributed by atoms with Crippen LogP contribution in [-0.4, -0.2) is 30.6 Å². The van der Waals surface area contributed by atoms with Gasteiger partial charge in [-0.05, 0) is 13.8 Å². The third-order valence-electron chi connectivity index (χ3n) is 1.68. The second-order valence-corrected chi connectivity index (χ2v) is 3.17. The zero-order valence-corrected chi connectivity index (χ0v) is 15.5. The second-order valence-electron chi connectivity index (χ2n) is 3.17. The van der Waals surface area contributed by atoms with Crippen LogP contribution in [0.2, 0.25) is 0 Å². The van der Waals surface area contributed by atoms with E-state index in [9.17, 15) is 24.6 Å². The van der Waals surface area contributed by atoms with Crippen LogP contribution in [0, 0.1) is 0 Å². The summed E-state index contributed by atoms with van der Waals surface area (Å²) in [4.78, 5) is 31.8. The van der Waals surface area contributed by atoms with Crippen molar-refractivity contribution in [1.29, 1.82) is 0 Å². The molecular weight excluding hydrogens is 276 g/mol. The molecule has 0 heterocycles. The molecule has 0 aromatic carbocycles. The van der Waals surface area contributed by atoms with E-state index in [4.69, 9.17) is 0 Å². The van der Waals surface area contributed by atoms with Gasteiger partial charge in [-0.15, -0.1) is 0 Å². The Labute approximate surface area is 155 Å². The summed E-state index contributed by atoms with van der Waals surface area (Å²) in [5.74, 6) is -3.77. The van der Waals surface area contributed by atoms with Gasteiger partial charge in [-0.1, -0.05) is 0 Å². The number of carboxylic acid groups (broad SMARTS) is 2. The summed E-state index contributed by atoms with van der Waals surface area (Å²) in [6.45, 7) is 3.21. The maximum Gasteiger partial charge on any atom is 1.00 e. The van der Waals surface area contributed by atoms with Crippen LogP contribution in [0.1, 0.15) is 20.3 Å². The van der Waals surface area contributed by atoms with Gasteiger partial charge in [0.25, 0.3) is 0 Å². The van der Waals surface area contributed by atoms with Crippen molar-refractivity contribution in [1.82, 2.24) is 5.32 Å². The fourth-order valence-electron chi connectivity index (χ4n) is 1.04. The van der Waals surface area contributed by atoms with Gasteiger partial charge in [-0.25, -0.2) is 4.79 Å². The average molecular weight is 289 g/mol. The van der Waals surface area contributed by atoms with Gasteiger partial charge in [0.1, 0.15) is 0 Å². The Balaban J connectivity index is -0.00000128. The fourth-order valence-corrected chi connectivity index (χ4v) is 1.04. The van der Waals surface area contributed by atoms with Crippen molar-refractivity contribution in [3.8, 4) is 0 Å². The molecule has 0 radical (unpaired) electrons. The van der Waals surface area contributed by atoms with E-state index >= 15 is 0 Å². The summed E-state index contributed by atoms with van der Waals surface area (Å²) in [6, 6.07) is -1.45. The van der Waals surface area contributed by atoms with E-state index < -0.39 is 30.4 Å². The van der Waals surface area contributed by atoms with E-state index in [-0.39, 0.29) is 71.4 Å². The number of carboxylic acids is 2. The Morgan fingerprint density at radius 2 is 1.79 bits per heavy atom. The van der Waals surface area contributed by atoms with Gasteiger partial charge in [0.2, 0.25) is 0 Å². The van der Waals surface area contributed by atoms with E-state index in [0.717, 1.165) is 6.08 Å². The number of carbonyl (C=O) groups is 3. The van der Waals surface area contributed by atoms with Crippen LogP contribution in [0.4, 0.5) is 0 Å². The minimum Gasteiger partial charge on any atom is -0.550 e. The van der Waals surface area contributed by atoms with Crippen LogP contribution >= 0.6 is 0 Å². The van der Waals surface area contributed by atoms with Crippen molar-refractivity contribution in [2.45, 2.75) is 26.3 Å². The minimum atomic E-state index is -1.59. The summed E-state index contributed by atoms with van der Waals surface area (Å²) in [5.41, 5.74) is 0.166. The normalized spacial score (nSPS) is 11.4. The molecule has 96 valence electrons. The zero-order chi connectivity index (χ0) is 13.4. The molecule has 1 atom stereocenters. The van der Waals surface area contributed by atoms with Gasteiger partial charge < -0.3 is 29.9 Å². The molecule has 0 aromatic rings. The van der Waals surface area contributed by atoms with Crippen molar-refractivity contribution in [2.75, 3.05) is 6.61 Å². The Morgan fingerprint density at radius 1 is 1.26 bits per heavy atom. The molecule has 0 spiro atoms. The first-order chi connectivity index (χ1) is 7.86. The summed E-state index contributed by atoms with van der Waals surface area (Å²) in [6.07, 6.45) is 0.269. The van der Waals surface area contributed by atoms with E-state index in [1.165, 1.54) is 6.92 Å². The second kappa shape index (κ2) is 13.0. The van der Waals surface area contributed by atoms with Crippen LogP contribution < -0.4 is 74.6 Å². The number of hydrogen-bond acceptors (Lipinski definition) is 7. The molecule has 0 saturated heterocycles. The molecule has 1 N–H and O–H groups in total. The zero-order valence-electron chi connectivity index (χ0n) is 11.5. The first-order valence-corrected chi connectivity index (χ1v) is 4.89. The van der Waals surface area contributed by atoms with Crippen molar-refractivity contribution in [2.24, 2.45) is 0 Å². The summed E-state index contributed by atoms with van der Waals surface area (Å²) < 4.78 is 4.59. The number of hydrogen-bond donors (Lipinski definition) is 1. The van der Waals surface area contributed by atoms with Gasteiger partial charge in [-0.2, -0.15) is 0 Å². The topological polar surface area (TPSA) is 119 Å². The van der Waals surface area contributed by atoms with Gasteiger partial charge in [0.15, 0.2) is 0 Å². The number of esters is 1.